The number of thiophene rings is 1. The van der Waals surface area contributed by atoms with Gasteiger partial charge in [-0.2, -0.15) is 0 Å². The van der Waals surface area contributed by atoms with Crippen LogP contribution in [-0.4, -0.2) is 37.5 Å². The molecule has 1 aromatic rings. The lowest BCUT2D eigenvalue weighted by atomic mass is 10.3. The molecule has 1 rings (SSSR count). The Morgan fingerprint density at radius 1 is 1.42 bits per heavy atom. The zero-order valence-corrected chi connectivity index (χ0v) is 11.6. The first-order valence-electron chi connectivity index (χ1n) is 5.73. The Labute approximate surface area is 115 Å². The maximum absolute atomic E-state index is 11.6. The molecule has 7 heteroatoms. The summed E-state index contributed by atoms with van der Waals surface area (Å²) in [5.74, 6) is -1.02. The molecule has 19 heavy (non-hydrogen) atoms. The van der Waals surface area contributed by atoms with Crippen molar-refractivity contribution in [3.05, 3.63) is 22.4 Å². The van der Waals surface area contributed by atoms with Crippen LogP contribution in [0.3, 0.4) is 0 Å². The van der Waals surface area contributed by atoms with Gasteiger partial charge >= 0.3 is 5.97 Å². The van der Waals surface area contributed by atoms with E-state index in [2.05, 4.69) is 15.4 Å². The van der Waals surface area contributed by atoms with Crippen LogP contribution in [0.15, 0.2) is 17.5 Å². The second-order valence-electron chi connectivity index (χ2n) is 3.80. The number of hydrogen-bond acceptors (Lipinski definition) is 5. The van der Waals surface area contributed by atoms with Crippen LogP contribution >= 0.6 is 11.3 Å². The van der Waals surface area contributed by atoms with Crippen LogP contribution in [0.5, 0.6) is 0 Å². The molecule has 0 spiro atoms. The predicted octanol–water partition coefficient (Wildman–Crippen LogP) is 0.546. The molecule has 0 saturated heterocycles. The van der Waals surface area contributed by atoms with Crippen molar-refractivity contribution in [2.45, 2.75) is 19.4 Å². The summed E-state index contributed by atoms with van der Waals surface area (Å²) in [5, 5.41) is 6.91. The fourth-order valence-electron chi connectivity index (χ4n) is 1.33. The Bertz CT molecular complexity index is 445. The lowest BCUT2D eigenvalue weighted by Crippen LogP contribution is -2.40. The van der Waals surface area contributed by atoms with Crippen LogP contribution in [-0.2, 0) is 14.3 Å². The third-order valence-corrected chi connectivity index (χ3v) is 3.18. The van der Waals surface area contributed by atoms with E-state index in [9.17, 15) is 14.4 Å². The highest BCUT2D eigenvalue weighted by Crippen LogP contribution is 2.07. The van der Waals surface area contributed by atoms with Gasteiger partial charge in [-0.25, -0.2) is 4.79 Å². The van der Waals surface area contributed by atoms with E-state index < -0.39 is 12.0 Å². The minimum absolute atomic E-state index is 0.110. The second kappa shape index (κ2) is 7.52. The van der Waals surface area contributed by atoms with E-state index >= 15 is 0 Å². The molecule has 0 aliphatic carbocycles. The molecule has 0 aliphatic rings. The monoisotopic (exact) mass is 284 g/mol. The molecule has 1 aromatic heterocycles. The molecule has 2 amide bonds. The van der Waals surface area contributed by atoms with Gasteiger partial charge in [-0.15, -0.1) is 11.3 Å². The molecule has 0 saturated carbocycles. The average molecular weight is 284 g/mol. The van der Waals surface area contributed by atoms with Crippen molar-refractivity contribution in [2.75, 3.05) is 13.7 Å². The molecule has 0 fully saturated rings. The van der Waals surface area contributed by atoms with Gasteiger partial charge in [0.1, 0.15) is 6.04 Å². The number of esters is 1. The van der Waals surface area contributed by atoms with Gasteiger partial charge in [-0.05, 0) is 18.4 Å². The fraction of sp³-hybridized carbons (Fsp3) is 0.417. The largest absolute Gasteiger partial charge is 0.467 e. The number of amides is 2. The zero-order chi connectivity index (χ0) is 14.3. The second-order valence-corrected chi connectivity index (χ2v) is 4.74. The highest BCUT2D eigenvalue weighted by Gasteiger charge is 2.15. The van der Waals surface area contributed by atoms with Crippen LogP contribution in [0, 0.1) is 0 Å². The summed E-state index contributed by atoms with van der Waals surface area (Å²) in [4.78, 5) is 34.7. The first-order chi connectivity index (χ1) is 9.04. The van der Waals surface area contributed by atoms with E-state index in [1.54, 1.807) is 17.5 Å². The van der Waals surface area contributed by atoms with E-state index in [0.29, 0.717) is 4.88 Å². The van der Waals surface area contributed by atoms with Crippen LogP contribution in [0.25, 0.3) is 0 Å². The van der Waals surface area contributed by atoms with E-state index in [4.69, 9.17) is 0 Å². The maximum atomic E-state index is 11.6. The number of methoxy groups -OCH3 is 1. The number of carbonyl (C=O) groups excluding carboxylic acids is 3. The minimum Gasteiger partial charge on any atom is -0.467 e. The van der Waals surface area contributed by atoms with Crippen molar-refractivity contribution in [1.29, 1.82) is 0 Å². The smallest absolute Gasteiger partial charge is 0.328 e. The SMILES string of the molecule is COC(=O)[C@H](C)NC(=O)CCNC(=O)c1cccs1. The molecule has 0 aliphatic heterocycles. The third kappa shape index (κ3) is 5.09. The average Bonchev–Trinajstić information content (AvgIpc) is 2.91. The van der Waals surface area contributed by atoms with E-state index in [-0.39, 0.29) is 24.8 Å². The lowest BCUT2D eigenvalue weighted by Gasteiger charge is -2.11. The van der Waals surface area contributed by atoms with Gasteiger partial charge in [-0.3, -0.25) is 9.59 Å². The van der Waals surface area contributed by atoms with Crippen LogP contribution in [0.2, 0.25) is 0 Å². The van der Waals surface area contributed by atoms with Gasteiger partial charge < -0.3 is 15.4 Å². The number of ether oxygens (including phenoxy) is 1. The Kier molecular flexibility index (Phi) is 6.01. The van der Waals surface area contributed by atoms with Gasteiger partial charge in [0.05, 0.1) is 12.0 Å². The van der Waals surface area contributed by atoms with Gasteiger partial charge in [0.25, 0.3) is 5.91 Å². The number of hydrogen-bond donors (Lipinski definition) is 2. The first kappa shape index (κ1) is 15.2. The highest BCUT2D eigenvalue weighted by atomic mass is 32.1. The number of rotatable bonds is 6. The van der Waals surface area contributed by atoms with Crippen molar-refractivity contribution < 1.29 is 19.1 Å². The Morgan fingerprint density at radius 2 is 2.16 bits per heavy atom. The van der Waals surface area contributed by atoms with Crippen molar-refractivity contribution in [3.63, 3.8) is 0 Å². The zero-order valence-electron chi connectivity index (χ0n) is 10.8. The summed E-state index contributed by atoms with van der Waals surface area (Å²) in [7, 11) is 1.26. The number of carbonyl (C=O) groups is 3. The molecule has 2 N–H and O–H groups in total. The molecule has 104 valence electrons. The molecular weight excluding hydrogens is 268 g/mol. The normalized spacial score (nSPS) is 11.5. The summed E-state index contributed by atoms with van der Waals surface area (Å²) >= 11 is 1.33. The van der Waals surface area contributed by atoms with Crippen LogP contribution in [0.4, 0.5) is 0 Å². The predicted molar refractivity (Wildman–Crippen MR) is 70.9 cm³/mol. The third-order valence-electron chi connectivity index (χ3n) is 2.31. The molecular formula is C12H16N2O4S. The first-order valence-corrected chi connectivity index (χ1v) is 6.61. The van der Waals surface area contributed by atoms with E-state index in [1.807, 2.05) is 0 Å². The Balaban J connectivity index is 2.24. The van der Waals surface area contributed by atoms with Gasteiger partial charge in [0, 0.05) is 13.0 Å². The fourth-order valence-corrected chi connectivity index (χ4v) is 1.97. The van der Waals surface area contributed by atoms with Crippen molar-refractivity contribution in [3.8, 4) is 0 Å². The quantitative estimate of drug-likeness (QED) is 0.747. The Hall–Kier alpha value is -1.89. The number of nitrogens with one attached hydrogen (secondary N) is 2. The van der Waals surface area contributed by atoms with E-state index in [0.717, 1.165) is 0 Å². The van der Waals surface area contributed by atoms with Gasteiger partial charge in [0.2, 0.25) is 5.91 Å². The summed E-state index contributed by atoms with van der Waals surface area (Å²) in [5.41, 5.74) is 0. The topological polar surface area (TPSA) is 84.5 Å². The van der Waals surface area contributed by atoms with Crippen LogP contribution in [0.1, 0.15) is 23.0 Å². The van der Waals surface area contributed by atoms with E-state index in [1.165, 1.54) is 25.4 Å². The summed E-state index contributed by atoms with van der Waals surface area (Å²) in [6.45, 7) is 1.75. The summed E-state index contributed by atoms with van der Waals surface area (Å²) in [6.07, 6.45) is 0.110. The highest BCUT2D eigenvalue weighted by molar-refractivity contribution is 7.12. The summed E-state index contributed by atoms with van der Waals surface area (Å²) < 4.78 is 4.48. The van der Waals surface area contributed by atoms with Crippen LogP contribution < -0.4 is 10.6 Å². The van der Waals surface area contributed by atoms with Gasteiger partial charge in [-0.1, -0.05) is 6.07 Å². The van der Waals surface area contributed by atoms with Crippen molar-refractivity contribution in [1.82, 2.24) is 10.6 Å². The minimum atomic E-state index is -0.689. The molecule has 0 bridgehead atoms. The molecule has 0 unspecified atom stereocenters. The summed E-state index contributed by atoms with van der Waals surface area (Å²) in [6, 6.07) is 2.80. The lowest BCUT2D eigenvalue weighted by molar-refractivity contribution is -0.144. The standard InChI is InChI=1S/C12H16N2O4S/c1-8(12(17)18-2)14-10(15)5-6-13-11(16)9-4-3-7-19-9/h3-4,7-8H,5-6H2,1-2H3,(H,13,16)(H,14,15)/t8-/m0/s1. The molecule has 1 heterocycles. The Morgan fingerprint density at radius 3 is 2.74 bits per heavy atom. The van der Waals surface area contributed by atoms with Gasteiger partial charge in [0.15, 0.2) is 0 Å². The molecule has 1 atom stereocenters. The molecule has 6 nitrogen and oxygen atoms in total. The van der Waals surface area contributed by atoms with Crippen molar-refractivity contribution >= 4 is 29.1 Å². The maximum Gasteiger partial charge on any atom is 0.328 e. The van der Waals surface area contributed by atoms with Crippen molar-refractivity contribution in [2.24, 2.45) is 0 Å². The molecule has 0 radical (unpaired) electrons. The molecule has 0 aromatic carbocycles.